The Morgan fingerprint density at radius 1 is 1.44 bits per heavy atom. The predicted molar refractivity (Wildman–Crippen MR) is 67.4 cm³/mol. The molecule has 0 unspecified atom stereocenters. The van der Waals surface area contributed by atoms with Gasteiger partial charge in [-0.2, -0.15) is 0 Å². The van der Waals surface area contributed by atoms with Crippen LogP contribution in [0.1, 0.15) is 25.5 Å². The highest BCUT2D eigenvalue weighted by Crippen LogP contribution is 2.08. The van der Waals surface area contributed by atoms with Gasteiger partial charge in [0.2, 0.25) is 0 Å². The summed E-state index contributed by atoms with van der Waals surface area (Å²) >= 11 is 5.18. The minimum absolute atomic E-state index is 0.0275. The maximum atomic E-state index is 12.1. The lowest BCUT2D eigenvalue weighted by Crippen LogP contribution is -2.22. The van der Waals surface area contributed by atoms with Crippen molar-refractivity contribution in [2.45, 2.75) is 33.2 Å². The molecule has 0 spiro atoms. The Bertz CT molecular complexity index is 620. The van der Waals surface area contributed by atoms with Crippen LogP contribution < -0.4 is 5.56 Å². The lowest BCUT2D eigenvalue weighted by molar-refractivity contribution is 0.600. The van der Waals surface area contributed by atoms with E-state index in [9.17, 15) is 4.79 Å². The molecule has 2 rings (SSSR count). The molecule has 0 atom stereocenters. The van der Waals surface area contributed by atoms with Gasteiger partial charge in [0.1, 0.15) is 5.52 Å². The highest BCUT2D eigenvalue weighted by Gasteiger charge is 2.06. The third kappa shape index (κ3) is 1.82. The number of hydrogen-bond acceptors (Lipinski definition) is 2. The summed E-state index contributed by atoms with van der Waals surface area (Å²) in [7, 11) is 0. The van der Waals surface area contributed by atoms with Crippen LogP contribution in [0, 0.1) is 11.7 Å². The van der Waals surface area contributed by atoms with E-state index in [0.29, 0.717) is 16.8 Å². The van der Waals surface area contributed by atoms with Gasteiger partial charge in [-0.25, -0.2) is 0 Å². The maximum absolute atomic E-state index is 12.1. The Kier molecular flexibility index (Phi) is 2.96. The van der Waals surface area contributed by atoms with Crippen LogP contribution in [0.5, 0.6) is 0 Å². The Hall–Kier alpha value is -1.36. The summed E-state index contributed by atoms with van der Waals surface area (Å²) in [5, 5.41) is 0. The van der Waals surface area contributed by atoms with E-state index in [1.54, 1.807) is 4.57 Å². The van der Waals surface area contributed by atoms with E-state index >= 15 is 0 Å². The molecule has 16 heavy (non-hydrogen) atoms. The fourth-order valence-corrected chi connectivity index (χ4v) is 2.07. The summed E-state index contributed by atoms with van der Waals surface area (Å²) in [6.45, 7) is 4.69. The molecule has 0 aromatic carbocycles. The van der Waals surface area contributed by atoms with Gasteiger partial charge in [0.25, 0.3) is 5.56 Å². The zero-order valence-electron chi connectivity index (χ0n) is 9.46. The van der Waals surface area contributed by atoms with Gasteiger partial charge in [-0.1, -0.05) is 13.3 Å². The van der Waals surface area contributed by atoms with E-state index in [4.69, 9.17) is 12.2 Å². The van der Waals surface area contributed by atoms with E-state index in [0.717, 1.165) is 24.1 Å². The monoisotopic (exact) mass is 237 g/mol. The topological polar surface area (TPSA) is 53.6 Å². The summed E-state index contributed by atoms with van der Waals surface area (Å²) in [5.41, 5.74) is 2.34. The standard InChI is InChI=1S/C11H15N3OS/c1-3-4-5-14-10(15)9-8(13-11(14)16)6-7(2)12-9/h6,12H,3-5H2,1-2H3,(H,13,16). The number of H-pyrrole nitrogens is 2. The van der Waals surface area contributed by atoms with Crippen LogP contribution in [0.25, 0.3) is 11.0 Å². The average Bonchev–Trinajstić information content (AvgIpc) is 2.59. The van der Waals surface area contributed by atoms with Gasteiger partial charge in [0.05, 0.1) is 5.52 Å². The molecule has 0 saturated heterocycles. The molecule has 2 heterocycles. The van der Waals surface area contributed by atoms with E-state index in [-0.39, 0.29) is 5.56 Å². The van der Waals surface area contributed by atoms with Crippen molar-refractivity contribution < 1.29 is 0 Å². The molecular weight excluding hydrogens is 222 g/mol. The zero-order valence-corrected chi connectivity index (χ0v) is 10.3. The van der Waals surface area contributed by atoms with Crippen molar-refractivity contribution in [1.29, 1.82) is 0 Å². The van der Waals surface area contributed by atoms with Crippen LogP contribution in [-0.4, -0.2) is 14.5 Å². The molecule has 86 valence electrons. The van der Waals surface area contributed by atoms with Crippen LogP contribution >= 0.6 is 12.2 Å². The van der Waals surface area contributed by atoms with Gasteiger partial charge in [0, 0.05) is 12.2 Å². The molecule has 4 nitrogen and oxygen atoms in total. The first-order chi connectivity index (χ1) is 7.63. The average molecular weight is 237 g/mol. The summed E-state index contributed by atoms with van der Waals surface area (Å²) < 4.78 is 2.13. The fraction of sp³-hybridized carbons (Fsp3) is 0.455. The Balaban J connectivity index is 2.65. The second kappa shape index (κ2) is 4.25. The van der Waals surface area contributed by atoms with Crippen molar-refractivity contribution in [3.63, 3.8) is 0 Å². The summed E-state index contributed by atoms with van der Waals surface area (Å²) in [6.07, 6.45) is 2.01. The maximum Gasteiger partial charge on any atom is 0.278 e. The Labute approximate surface area is 98.3 Å². The number of unbranched alkanes of at least 4 members (excludes halogenated alkanes) is 1. The predicted octanol–water partition coefficient (Wildman–Crippen LogP) is 2.50. The van der Waals surface area contributed by atoms with Gasteiger partial charge in [0.15, 0.2) is 4.77 Å². The molecule has 0 bridgehead atoms. The molecule has 0 fully saturated rings. The smallest absolute Gasteiger partial charge is 0.278 e. The largest absolute Gasteiger partial charge is 0.353 e. The number of rotatable bonds is 3. The number of aryl methyl sites for hydroxylation is 1. The van der Waals surface area contributed by atoms with Crippen LogP contribution in [0.15, 0.2) is 10.9 Å². The van der Waals surface area contributed by atoms with Crippen molar-refractivity contribution >= 4 is 23.3 Å². The first kappa shape index (κ1) is 11.1. The van der Waals surface area contributed by atoms with Crippen molar-refractivity contribution in [3.8, 4) is 0 Å². The lowest BCUT2D eigenvalue weighted by Gasteiger charge is -2.04. The fourth-order valence-electron chi connectivity index (χ4n) is 1.79. The molecule has 2 aromatic rings. The van der Waals surface area contributed by atoms with E-state index in [1.807, 2.05) is 13.0 Å². The lowest BCUT2D eigenvalue weighted by atomic mass is 10.3. The van der Waals surface area contributed by atoms with Crippen LogP contribution in [-0.2, 0) is 6.54 Å². The van der Waals surface area contributed by atoms with Gasteiger partial charge < -0.3 is 9.97 Å². The summed E-state index contributed by atoms with van der Waals surface area (Å²) in [6, 6.07) is 1.90. The normalized spacial score (nSPS) is 11.1. The van der Waals surface area contributed by atoms with Crippen molar-refractivity contribution in [2.24, 2.45) is 0 Å². The van der Waals surface area contributed by atoms with E-state index in [2.05, 4.69) is 16.9 Å². The first-order valence-corrected chi connectivity index (χ1v) is 5.86. The second-order valence-electron chi connectivity index (χ2n) is 3.98. The highest BCUT2D eigenvalue weighted by molar-refractivity contribution is 7.71. The third-order valence-corrected chi connectivity index (χ3v) is 2.96. The van der Waals surface area contributed by atoms with E-state index < -0.39 is 0 Å². The number of nitrogens with one attached hydrogen (secondary N) is 2. The molecule has 0 saturated carbocycles. The molecule has 0 aliphatic rings. The molecule has 0 aliphatic carbocycles. The highest BCUT2D eigenvalue weighted by atomic mass is 32.1. The van der Waals surface area contributed by atoms with Gasteiger partial charge in [-0.05, 0) is 31.6 Å². The summed E-state index contributed by atoms with van der Waals surface area (Å²) in [5.74, 6) is 0. The Morgan fingerprint density at radius 2 is 2.19 bits per heavy atom. The van der Waals surface area contributed by atoms with Crippen molar-refractivity contribution in [1.82, 2.24) is 14.5 Å². The first-order valence-electron chi connectivity index (χ1n) is 5.46. The number of aromatic amines is 2. The van der Waals surface area contributed by atoms with Gasteiger partial charge in [-0.3, -0.25) is 9.36 Å². The van der Waals surface area contributed by atoms with Crippen molar-refractivity contribution in [2.75, 3.05) is 0 Å². The molecule has 0 aliphatic heterocycles. The molecule has 5 heteroatoms. The number of nitrogens with zero attached hydrogens (tertiary/aromatic N) is 1. The zero-order chi connectivity index (χ0) is 11.7. The van der Waals surface area contributed by atoms with E-state index in [1.165, 1.54) is 0 Å². The minimum atomic E-state index is -0.0275. The second-order valence-corrected chi connectivity index (χ2v) is 4.37. The Morgan fingerprint density at radius 3 is 2.88 bits per heavy atom. The molecule has 2 aromatic heterocycles. The molecule has 0 amide bonds. The quantitative estimate of drug-likeness (QED) is 0.806. The number of fused-ring (bicyclic) bond motifs is 1. The SMILES string of the molecule is CCCCn1c(=S)[nH]c2cc(C)[nH]c2c1=O. The number of aromatic nitrogens is 3. The molecule has 2 N–H and O–H groups in total. The number of hydrogen-bond donors (Lipinski definition) is 2. The third-order valence-electron chi connectivity index (χ3n) is 2.63. The van der Waals surface area contributed by atoms with Gasteiger partial charge >= 0.3 is 0 Å². The van der Waals surface area contributed by atoms with Crippen LogP contribution in [0.2, 0.25) is 0 Å². The van der Waals surface area contributed by atoms with Gasteiger partial charge in [-0.15, -0.1) is 0 Å². The van der Waals surface area contributed by atoms with Crippen LogP contribution in [0.3, 0.4) is 0 Å². The summed E-state index contributed by atoms with van der Waals surface area (Å²) in [4.78, 5) is 18.2. The van der Waals surface area contributed by atoms with Crippen LogP contribution in [0.4, 0.5) is 0 Å². The van der Waals surface area contributed by atoms with Crippen molar-refractivity contribution in [3.05, 3.63) is 26.9 Å². The minimum Gasteiger partial charge on any atom is -0.353 e. The molecule has 0 radical (unpaired) electrons. The molecular formula is C11H15N3OS.